The van der Waals surface area contributed by atoms with E-state index in [2.05, 4.69) is 53.7 Å². The van der Waals surface area contributed by atoms with E-state index >= 15 is 0 Å². The summed E-state index contributed by atoms with van der Waals surface area (Å²) in [6.07, 6.45) is 9.87. The van der Waals surface area contributed by atoms with E-state index < -0.39 is 0 Å². The Kier molecular flexibility index (Phi) is 6.49. The summed E-state index contributed by atoms with van der Waals surface area (Å²) in [6, 6.07) is 4.78. The third-order valence-corrected chi connectivity index (χ3v) is 7.64. The van der Waals surface area contributed by atoms with E-state index in [-0.39, 0.29) is 11.0 Å². The number of hydrogen-bond acceptors (Lipinski definition) is 2. The standard InChI is InChI=1S/C26H42O2/c1-7-8-9-10-13-25(3,4)20-14-18(2)24-21-15-19(17-27)11-12-22(21)26(5,6)28-23(24)16-20/h14,16,19,21-22,27H,7-13,15,17H2,1-6H3/t19?,21-,22-/m1/s1. The fourth-order valence-corrected chi connectivity index (χ4v) is 5.79. The summed E-state index contributed by atoms with van der Waals surface area (Å²) < 4.78 is 6.65. The number of rotatable bonds is 7. The molecular weight excluding hydrogens is 344 g/mol. The van der Waals surface area contributed by atoms with Gasteiger partial charge in [-0.1, -0.05) is 52.5 Å². The summed E-state index contributed by atoms with van der Waals surface area (Å²) in [5.74, 6) is 2.62. The van der Waals surface area contributed by atoms with Crippen LogP contribution in [0.25, 0.3) is 0 Å². The molecule has 158 valence electrons. The van der Waals surface area contributed by atoms with E-state index in [1.165, 1.54) is 48.8 Å². The zero-order valence-corrected chi connectivity index (χ0v) is 19.1. The zero-order valence-electron chi connectivity index (χ0n) is 19.1. The fraction of sp³-hybridized carbons (Fsp3) is 0.769. The number of hydrogen-bond donors (Lipinski definition) is 1. The van der Waals surface area contributed by atoms with E-state index in [1.54, 1.807) is 0 Å². The average Bonchev–Trinajstić information content (AvgIpc) is 2.63. The summed E-state index contributed by atoms with van der Waals surface area (Å²) in [5, 5.41) is 9.77. The molecule has 0 spiro atoms. The van der Waals surface area contributed by atoms with Crippen LogP contribution in [0.15, 0.2) is 12.1 Å². The van der Waals surface area contributed by atoms with Crippen LogP contribution in [-0.2, 0) is 5.41 Å². The average molecular weight is 387 g/mol. The second-order valence-electron chi connectivity index (χ2n) is 10.7. The second kappa shape index (κ2) is 8.38. The number of aliphatic hydroxyl groups is 1. The molecule has 1 aliphatic heterocycles. The molecule has 1 fully saturated rings. The Morgan fingerprint density at radius 2 is 1.89 bits per heavy atom. The Morgan fingerprint density at radius 3 is 2.57 bits per heavy atom. The van der Waals surface area contributed by atoms with Gasteiger partial charge in [-0.15, -0.1) is 0 Å². The first-order valence-electron chi connectivity index (χ1n) is 11.6. The van der Waals surface area contributed by atoms with Crippen LogP contribution in [0.3, 0.4) is 0 Å². The molecule has 1 aromatic carbocycles. The Labute approximate surface area is 173 Å². The normalized spacial score (nSPS) is 26.3. The quantitative estimate of drug-likeness (QED) is 0.516. The summed E-state index contributed by atoms with van der Waals surface area (Å²) in [6.45, 7) is 14.2. The molecule has 1 unspecified atom stereocenters. The molecule has 0 amide bonds. The zero-order chi connectivity index (χ0) is 20.5. The largest absolute Gasteiger partial charge is 0.487 e. The van der Waals surface area contributed by atoms with Crippen molar-refractivity contribution in [1.82, 2.24) is 0 Å². The highest BCUT2D eigenvalue weighted by atomic mass is 16.5. The third-order valence-electron chi connectivity index (χ3n) is 7.64. The molecule has 1 heterocycles. The minimum Gasteiger partial charge on any atom is -0.487 e. The van der Waals surface area contributed by atoms with Gasteiger partial charge in [-0.3, -0.25) is 0 Å². The van der Waals surface area contributed by atoms with Crippen LogP contribution < -0.4 is 4.74 Å². The molecule has 28 heavy (non-hydrogen) atoms. The fourth-order valence-electron chi connectivity index (χ4n) is 5.79. The molecule has 1 N–H and O–H groups in total. The first kappa shape index (κ1) is 21.7. The lowest BCUT2D eigenvalue weighted by Crippen LogP contribution is -2.47. The van der Waals surface area contributed by atoms with Gasteiger partial charge >= 0.3 is 0 Å². The molecule has 0 bridgehead atoms. The second-order valence-corrected chi connectivity index (χ2v) is 10.7. The number of benzene rings is 1. The van der Waals surface area contributed by atoms with E-state index in [1.807, 2.05) is 0 Å². The SMILES string of the molecule is CCCCCCC(C)(C)c1cc(C)c2c(c1)OC(C)(C)[C@@H]1CCC(CO)C[C@@H]21. The Morgan fingerprint density at radius 1 is 1.14 bits per heavy atom. The van der Waals surface area contributed by atoms with Gasteiger partial charge < -0.3 is 9.84 Å². The smallest absolute Gasteiger partial charge is 0.124 e. The Balaban J connectivity index is 1.91. The van der Waals surface area contributed by atoms with Gasteiger partial charge in [0.05, 0.1) is 0 Å². The third kappa shape index (κ3) is 4.27. The van der Waals surface area contributed by atoms with Gasteiger partial charge in [0.25, 0.3) is 0 Å². The molecule has 1 aliphatic carbocycles. The number of aryl methyl sites for hydroxylation is 1. The monoisotopic (exact) mass is 386 g/mol. The summed E-state index contributed by atoms with van der Waals surface area (Å²) in [5.41, 5.74) is 4.28. The van der Waals surface area contributed by atoms with E-state index in [4.69, 9.17) is 4.74 Å². The highest BCUT2D eigenvalue weighted by Crippen LogP contribution is 2.54. The minimum atomic E-state index is -0.131. The molecule has 1 aromatic rings. The minimum absolute atomic E-state index is 0.131. The van der Waals surface area contributed by atoms with Gasteiger partial charge in [0.1, 0.15) is 11.4 Å². The van der Waals surface area contributed by atoms with Crippen molar-refractivity contribution in [3.05, 3.63) is 28.8 Å². The van der Waals surface area contributed by atoms with Crippen molar-refractivity contribution in [2.75, 3.05) is 6.61 Å². The predicted octanol–water partition coefficient (Wildman–Crippen LogP) is 6.91. The molecule has 2 nitrogen and oxygen atoms in total. The van der Waals surface area contributed by atoms with Crippen molar-refractivity contribution in [3.63, 3.8) is 0 Å². The first-order chi connectivity index (χ1) is 13.2. The molecule has 3 atom stereocenters. The first-order valence-corrected chi connectivity index (χ1v) is 11.6. The molecule has 0 radical (unpaired) electrons. The van der Waals surface area contributed by atoms with Crippen molar-refractivity contribution in [2.24, 2.45) is 11.8 Å². The van der Waals surface area contributed by atoms with Gasteiger partial charge in [0.2, 0.25) is 0 Å². The maximum absolute atomic E-state index is 9.77. The highest BCUT2D eigenvalue weighted by molar-refractivity contribution is 5.50. The molecular formula is C26H42O2. The van der Waals surface area contributed by atoms with Crippen LogP contribution in [0.2, 0.25) is 0 Å². The molecule has 2 heteroatoms. The van der Waals surface area contributed by atoms with Crippen LogP contribution in [0, 0.1) is 18.8 Å². The molecule has 3 rings (SSSR count). The molecule has 0 aromatic heterocycles. The maximum atomic E-state index is 9.77. The maximum Gasteiger partial charge on any atom is 0.124 e. The van der Waals surface area contributed by atoms with E-state index in [0.29, 0.717) is 24.4 Å². The Bertz CT molecular complexity index is 673. The number of fused-ring (bicyclic) bond motifs is 3. The van der Waals surface area contributed by atoms with Crippen LogP contribution in [0.5, 0.6) is 5.75 Å². The van der Waals surface area contributed by atoms with Gasteiger partial charge in [-0.25, -0.2) is 0 Å². The van der Waals surface area contributed by atoms with Crippen LogP contribution in [-0.4, -0.2) is 17.3 Å². The molecule has 1 saturated carbocycles. The van der Waals surface area contributed by atoms with Gasteiger partial charge in [0, 0.05) is 18.1 Å². The molecule has 2 aliphatic rings. The predicted molar refractivity (Wildman–Crippen MR) is 118 cm³/mol. The Hall–Kier alpha value is -1.02. The van der Waals surface area contributed by atoms with Crippen LogP contribution in [0.1, 0.15) is 109 Å². The van der Waals surface area contributed by atoms with Crippen molar-refractivity contribution >= 4 is 0 Å². The van der Waals surface area contributed by atoms with E-state index in [0.717, 1.165) is 25.0 Å². The van der Waals surface area contributed by atoms with Crippen molar-refractivity contribution in [2.45, 2.75) is 110 Å². The van der Waals surface area contributed by atoms with Gasteiger partial charge in [-0.05, 0) is 80.9 Å². The van der Waals surface area contributed by atoms with Crippen molar-refractivity contribution in [1.29, 1.82) is 0 Å². The topological polar surface area (TPSA) is 29.5 Å². The highest BCUT2D eigenvalue weighted by Gasteiger charge is 2.47. The lowest BCUT2D eigenvalue weighted by molar-refractivity contribution is -0.0205. The molecule has 0 saturated heterocycles. The van der Waals surface area contributed by atoms with Gasteiger partial charge in [0.15, 0.2) is 0 Å². The van der Waals surface area contributed by atoms with Gasteiger partial charge in [-0.2, -0.15) is 0 Å². The lowest BCUT2D eigenvalue weighted by atomic mass is 9.63. The number of ether oxygens (including phenoxy) is 1. The van der Waals surface area contributed by atoms with Crippen LogP contribution in [0.4, 0.5) is 0 Å². The lowest BCUT2D eigenvalue weighted by Gasteiger charge is -2.49. The summed E-state index contributed by atoms with van der Waals surface area (Å²) in [4.78, 5) is 0. The summed E-state index contributed by atoms with van der Waals surface area (Å²) in [7, 11) is 0. The number of aliphatic hydroxyl groups excluding tert-OH is 1. The van der Waals surface area contributed by atoms with Crippen LogP contribution >= 0.6 is 0 Å². The summed E-state index contributed by atoms with van der Waals surface area (Å²) >= 11 is 0. The van der Waals surface area contributed by atoms with Crippen molar-refractivity contribution in [3.8, 4) is 5.75 Å². The number of unbranched alkanes of at least 4 members (excludes halogenated alkanes) is 3. The van der Waals surface area contributed by atoms with E-state index in [9.17, 15) is 5.11 Å². The van der Waals surface area contributed by atoms with Crippen molar-refractivity contribution < 1.29 is 9.84 Å².